The molecule has 0 fully saturated rings. The molecule has 0 aliphatic heterocycles. The quantitative estimate of drug-likeness (QED) is 0.251. The molecule has 0 bridgehead atoms. The molecule has 9 heteroatoms. The second-order valence-corrected chi connectivity index (χ2v) is 9.56. The number of hydrogen-bond donors (Lipinski definition) is 3. The first-order chi connectivity index (χ1) is 13.4. The monoisotopic (exact) mass is 545 g/mol. The number of aliphatic imine (C=N–C) groups is 1. The van der Waals surface area contributed by atoms with Crippen molar-refractivity contribution in [1.29, 1.82) is 0 Å². The van der Waals surface area contributed by atoms with E-state index in [0.29, 0.717) is 23.9 Å². The van der Waals surface area contributed by atoms with Crippen LogP contribution in [-0.4, -0.2) is 39.3 Å². The van der Waals surface area contributed by atoms with Crippen molar-refractivity contribution in [2.75, 3.05) is 19.8 Å². The lowest BCUT2D eigenvalue weighted by molar-refractivity contribution is 0.184. The zero-order valence-electron chi connectivity index (χ0n) is 16.1. The summed E-state index contributed by atoms with van der Waals surface area (Å²) in [5.41, 5.74) is 0.931. The Morgan fingerprint density at radius 3 is 2.45 bits per heavy atom. The summed E-state index contributed by atoms with van der Waals surface area (Å²) in [6.45, 7) is 0.822. The number of aliphatic hydroxyl groups is 1. The van der Waals surface area contributed by atoms with Gasteiger partial charge in [-0.1, -0.05) is 30.3 Å². The maximum absolute atomic E-state index is 11.5. The largest absolute Gasteiger partial charge is 0.386 e. The minimum absolute atomic E-state index is 0. The number of nitrogens with one attached hydrogen (secondary N) is 2. The third-order valence-corrected chi connectivity index (χ3v) is 6.62. The average Bonchev–Trinajstić information content (AvgIpc) is 3.12. The molecule has 0 amide bonds. The van der Waals surface area contributed by atoms with Crippen LogP contribution in [0.1, 0.15) is 16.5 Å². The average molecular weight is 545 g/mol. The summed E-state index contributed by atoms with van der Waals surface area (Å²) in [5.74, 6) is 0.562. The summed E-state index contributed by atoms with van der Waals surface area (Å²) < 4.78 is 24.2. The number of nitrogens with zero attached hydrogens (tertiary/aromatic N) is 1. The Bertz CT molecular complexity index is 1050. The Morgan fingerprint density at radius 2 is 1.83 bits per heavy atom. The minimum atomic E-state index is -3.19. The van der Waals surface area contributed by atoms with E-state index in [0.717, 1.165) is 20.5 Å². The first-order valence-electron chi connectivity index (χ1n) is 8.77. The fourth-order valence-corrected chi connectivity index (χ4v) is 4.40. The minimum Gasteiger partial charge on any atom is -0.386 e. The maximum atomic E-state index is 11.5. The highest BCUT2D eigenvalue weighted by Gasteiger charge is 2.12. The first kappa shape index (κ1) is 23.6. The number of fused-ring (bicyclic) bond motifs is 1. The van der Waals surface area contributed by atoms with Gasteiger partial charge >= 0.3 is 0 Å². The van der Waals surface area contributed by atoms with Crippen molar-refractivity contribution in [3.05, 3.63) is 65.0 Å². The molecular formula is C20H24IN3O3S2. The molecule has 0 spiro atoms. The molecule has 6 nitrogen and oxygen atoms in total. The van der Waals surface area contributed by atoms with E-state index in [-0.39, 0.29) is 24.0 Å². The molecule has 0 aliphatic rings. The zero-order valence-corrected chi connectivity index (χ0v) is 20.1. The number of sulfone groups is 1. The third kappa shape index (κ3) is 6.39. The van der Waals surface area contributed by atoms with Crippen molar-refractivity contribution in [3.8, 4) is 0 Å². The topological polar surface area (TPSA) is 90.8 Å². The SMILES string of the molecule is CN=C(NCc1ccc(S(C)(=O)=O)cc1)NCC(O)c1cc2ccccc2s1.I. The van der Waals surface area contributed by atoms with E-state index in [1.54, 1.807) is 42.6 Å². The molecular weight excluding hydrogens is 521 g/mol. The Balaban J connectivity index is 0.00000300. The van der Waals surface area contributed by atoms with Crippen molar-refractivity contribution in [3.63, 3.8) is 0 Å². The van der Waals surface area contributed by atoms with Gasteiger partial charge in [0.15, 0.2) is 15.8 Å². The highest BCUT2D eigenvalue weighted by Crippen LogP contribution is 2.29. The molecule has 1 atom stereocenters. The highest BCUT2D eigenvalue weighted by molar-refractivity contribution is 14.0. The van der Waals surface area contributed by atoms with Gasteiger partial charge in [-0.05, 0) is 35.2 Å². The van der Waals surface area contributed by atoms with Crippen LogP contribution in [-0.2, 0) is 16.4 Å². The normalized spacial score (nSPS) is 13.0. The Labute approximate surface area is 192 Å². The number of guanidine groups is 1. The Morgan fingerprint density at radius 1 is 1.14 bits per heavy atom. The van der Waals surface area contributed by atoms with Crippen LogP contribution < -0.4 is 10.6 Å². The Kier molecular flexibility index (Phi) is 8.44. The van der Waals surface area contributed by atoms with Gasteiger partial charge in [-0.25, -0.2) is 8.42 Å². The van der Waals surface area contributed by atoms with Crippen LogP contribution in [0.3, 0.4) is 0 Å². The van der Waals surface area contributed by atoms with Crippen LogP contribution in [0.15, 0.2) is 64.5 Å². The van der Waals surface area contributed by atoms with E-state index < -0.39 is 15.9 Å². The van der Waals surface area contributed by atoms with Crippen LogP contribution in [0, 0.1) is 0 Å². The summed E-state index contributed by atoms with van der Waals surface area (Å²) in [7, 11) is -1.53. The number of rotatable bonds is 6. The second-order valence-electron chi connectivity index (χ2n) is 6.43. The zero-order chi connectivity index (χ0) is 20.1. The van der Waals surface area contributed by atoms with Gasteiger partial charge in [-0.15, -0.1) is 35.3 Å². The van der Waals surface area contributed by atoms with Gasteiger partial charge in [0.1, 0.15) is 6.10 Å². The van der Waals surface area contributed by atoms with Gasteiger partial charge in [0, 0.05) is 36.0 Å². The summed E-state index contributed by atoms with van der Waals surface area (Å²) in [4.78, 5) is 5.36. The smallest absolute Gasteiger partial charge is 0.191 e. The van der Waals surface area contributed by atoms with Crippen LogP contribution in [0.4, 0.5) is 0 Å². The summed E-state index contributed by atoms with van der Waals surface area (Å²) in [5, 5.41) is 17.9. The van der Waals surface area contributed by atoms with Gasteiger partial charge in [0.05, 0.1) is 4.90 Å². The van der Waals surface area contributed by atoms with E-state index in [1.165, 1.54) is 6.26 Å². The molecule has 3 N–H and O–H groups in total. The van der Waals surface area contributed by atoms with Crippen LogP contribution >= 0.6 is 35.3 Å². The van der Waals surface area contributed by atoms with E-state index >= 15 is 0 Å². The molecule has 0 saturated carbocycles. The van der Waals surface area contributed by atoms with Crippen LogP contribution in [0.25, 0.3) is 10.1 Å². The molecule has 0 radical (unpaired) electrons. The fraction of sp³-hybridized carbons (Fsp3) is 0.250. The molecule has 156 valence electrons. The van der Waals surface area contributed by atoms with Gasteiger partial charge < -0.3 is 15.7 Å². The number of aliphatic hydroxyl groups excluding tert-OH is 1. The number of thiophene rings is 1. The van der Waals surface area contributed by atoms with Crippen LogP contribution in [0.2, 0.25) is 0 Å². The van der Waals surface area contributed by atoms with Crippen molar-refractivity contribution in [2.45, 2.75) is 17.5 Å². The number of benzene rings is 2. The standard InChI is InChI=1S/C20H23N3O3S2.HI/c1-21-20(22-12-14-7-9-16(10-8-14)28(2,25)26)23-13-17(24)19-11-15-5-3-4-6-18(15)27-19;/h3-11,17,24H,12-13H2,1-2H3,(H2,21,22,23);1H. The van der Waals surface area contributed by atoms with E-state index in [4.69, 9.17) is 0 Å². The Hall–Kier alpha value is -1.69. The van der Waals surface area contributed by atoms with E-state index in [2.05, 4.69) is 15.6 Å². The van der Waals surface area contributed by atoms with Crippen molar-refractivity contribution < 1.29 is 13.5 Å². The van der Waals surface area contributed by atoms with Gasteiger partial charge in [0.2, 0.25) is 0 Å². The molecule has 3 rings (SSSR count). The molecule has 0 aliphatic carbocycles. The molecule has 0 saturated heterocycles. The van der Waals surface area contributed by atoms with Crippen molar-refractivity contribution >= 4 is 61.2 Å². The number of hydrogen-bond acceptors (Lipinski definition) is 5. The fourth-order valence-electron chi connectivity index (χ4n) is 2.72. The summed E-state index contributed by atoms with van der Waals surface area (Å²) in [6.07, 6.45) is 0.554. The van der Waals surface area contributed by atoms with Gasteiger partial charge in [-0.2, -0.15) is 0 Å². The predicted molar refractivity (Wildman–Crippen MR) is 130 cm³/mol. The van der Waals surface area contributed by atoms with Crippen molar-refractivity contribution in [2.24, 2.45) is 4.99 Å². The predicted octanol–water partition coefficient (Wildman–Crippen LogP) is 3.32. The lowest BCUT2D eigenvalue weighted by Gasteiger charge is -2.14. The molecule has 1 unspecified atom stereocenters. The highest BCUT2D eigenvalue weighted by atomic mass is 127. The van der Waals surface area contributed by atoms with E-state index in [1.807, 2.05) is 30.3 Å². The van der Waals surface area contributed by atoms with Crippen molar-refractivity contribution in [1.82, 2.24) is 10.6 Å². The van der Waals surface area contributed by atoms with Gasteiger partial charge in [0.25, 0.3) is 0 Å². The molecule has 1 aromatic heterocycles. The molecule has 2 aromatic carbocycles. The lowest BCUT2D eigenvalue weighted by atomic mass is 10.2. The second kappa shape index (κ2) is 10.4. The first-order valence-corrected chi connectivity index (χ1v) is 11.5. The summed E-state index contributed by atoms with van der Waals surface area (Å²) in [6, 6.07) is 16.8. The maximum Gasteiger partial charge on any atom is 0.191 e. The van der Waals surface area contributed by atoms with Crippen LogP contribution in [0.5, 0.6) is 0 Å². The number of halogens is 1. The van der Waals surface area contributed by atoms with Gasteiger partial charge in [-0.3, -0.25) is 4.99 Å². The lowest BCUT2D eigenvalue weighted by Crippen LogP contribution is -2.38. The molecule has 3 aromatic rings. The van der Waals surface area contributed by atoms with E-state index in [9.17, 15) is 13.5 Å². The molecule has 29 heavy (non-hydrogen) atoms. The molecule has 1 heterocycles. The summed E-state index contributed by atoms with van der Waals surface area (Å²) >= 11 is 1.58. The third-order valence-electron chi connectivity index (χ3n) is 4.27.